The lowest BCUT2D eigenvalue weighted by Crippen LogP contribution is -2.38. The van der Waals surface area contributed by atoms with Crippen LogP contribution in [0.25, 0.3) is 11.3 Å². The highest BCUT2D eigenvalue weighted by Crippen LogP contribution is 2.33. The van der Waals surface area contributed by atoms with E-state index in [9.17, 15) is 13.6 Å². The number of aromatic nitrogens is 2. The lowest BCUT2D eigenvalue weighted by atomic mass is 10.0. The lowest BCUT2D eigenvalue weighted by Gasteiger charge is -2.32. The Labute approximate surface area is 188 Å². The Morgan fingerprint density at radius 3 is 2.73 bits per heavy atom. The Hall–Kier alpha value is -3.81. The molecule has 0 bridgehead atoms. The molecule has 3 heterocycles. The van der Waals surface area contributed by atoms with Crippen molar-refractivity contribution in [3.05, 3.63) is 95.4 Å². The van der Waals surface area contributed by atoms with Crippen LogP contribution in [0.2, 0.25) is 0 Å². The van der Waals surface area contributed by atoms with Gasteiger partial charge in [-0.2, -0.15) is 0 Å². The van der Waals surface area contributed by atoms with Crippen LogP contribution in [0, 0.1) is 11.6 Å². The third-order valence-corrected chi connectivity index (χ3v) is 5.75. The third kappa shape index (κ3) is 4.55. The lowest BCUT2D eigenvalue weighted by molar-refractivity contribution is 0.0528. The molecule has 33 heavy (non-hydrogen) atoms. The molecule has 1 aliphatic rings. The molecule has 1 atom stereocenters. The van der Waals surface area contributed by atoms with E-state index in [4.69, 9.17) is 8.94 Å². The van der Waals surface area contributed by atoms with Gasteiger partial charge in [-0.25, -0.2) is 13.8 Å². The molecule has 6 nitrogen and oxygen atoms in total. The molecule has 1 amide bonds. The van der Waals surface area contributed by atoms with Crippen LogP contribution in [0.3, 0.4) is 0 Å². The molecule has 1 unspecified atom stereocenters. The summed E-state index contributed by atoms with van der Waals surface area (Å²) in [6, 6.07) is 13.4. The van der Waals surface area contributed by atoms with E-state index >= 15 is 0 Å². The van der Waals surface area contributed by atoms with Crippen LogP contribution in [0.5, 0.6) is 0 Å². The van der Waals surface area contributed by atoms with Gasteiger partial charge in [-0.1, -0.05) is 17.3 Å². The molecule has 1 saturated heterocycles. The van der Waals surface area contributed by atoms with Gasteiger partial charge in [0.1, 0.15) is 29.1 Å². The monoisotopic (exact) mass is 449 g/mol. The number of carbonyl (C=O) groups is 1. The van der Waals surface area contributed by atoms with E-state index in [0.29, 0.717) is 42.3 Å². The topological polar surface area (TPSA) is 72.4 Å². The fourth-order valence-electron chi connectivity index (χ4n) is 4.11. The molecule has 1 aliphatic heterocycles. The Morgan fingerprint density at radius 1 is 1.06 bits per heavy atom. The molecule has 0 spiro atoms. The quantitative estimate of drug-likeness (QED) is 0.399. The minimum absolute atomic E-state index is 0.104. The van der Waals surface area contributed by atoms with Crippen molar-refractivity contribution in [1.29, 1.82) is 0 Å². The van der Waals surface area contributed by atoms with E-state index in [1.54, 1.807) is 35.4 Å². The van der Waals surface area contributed by atoms with Crippen molar-refractivity contribution in [2.24, 2.45) is 0 Å². The average molecular weight is 449 g/mol. The van der Waals surface area contributed by atoms with Gasteiger partial charge >= 0.3 is 0 Å². The summed E-state index contributed by atoms with van der Waals surface area (Å²) >= 11 is 0. The van der Waals surface area contributed by atoms with Crippen molar-refractivity contribution >= 4 is 5.91 Å². The zero-order valence-corrected chi connectivity index (χ0v) is 17.7. The number of hydrogen-bond donors (Lipinski definition) is 0. The number of amides is 1. The van der Waals surface area contributed by atoms with Crippen molar-refractivity contribution in [3.63, 3.8) is 0 Å². The Balaban J connectivity index is 1.34. The molecule has 2 aromatic carbocycles. The van der Waals surface area contributed by atoms with Crippen molar-refractivity contribution in [2.45, 2.75) is 31.7 Å². The fraction of sp³-hybridized carbons (Fsp3) is 0.240. The predicted molar refractivity (Wildman–Crippen MR) is 115 cm³/mol. The summed E-state index contributed by atoms with van der Waals surface area (Å²) in [4.78, 5) is 19.3. The fourth-order valence-corrected chi connectivity index (χ4v) is 4.11. The summed E-state index contributed by atoms with van der Waals surface area (Å²) < 4.78 is 37.9. The van der Waals surface area contributed by atoms with E-state index < -0.39 is 0 Å². The van der Waals surface area contributed by atoms with Crippen LogP contribution in [0.1, 0.15) is 53.1 Å². The van der Waals surface area contributed by atoms with Gasteiger partial charge in [-0.05, 0) is 61.2 Å². The van der Waals surface area contributed by atoms with E-state index in [1.807, 2.05) is 6.07 Å². The second-order valence-electron chi connectivity index (χ2n) is 8.06. The minimum atomic E-state index is -0.350. The summed E-state index contributed by atoms with van der Waals surface area (Å²) in [6.07, 6.45) is 4.54. The molecule has 8 heteroatoms. The van der Waals surface area contributed by atoms with Crippen LogP contribution in [0.4, 0.5) is 8.78 Å². The number of rotatable bonds is 5. The first-order chi connectivity index (χ1) is 16.1. The molecular formula is C25H21F2N3O3. The third-order valence-electron chi connectivity index (χ3n) is 5.75. The highest BCUT2D eigenvalue weighted by molar-refractivity contribution is 5.92. The van der Waals surface area contributed by atoms with E-state index in [1.165, 1.54) is 24.3 Å². The molecule has 5 rings (SSSR count). The highest BCUT2D eigenvalue weighted by atomic mass is 19.1. The summed E-state index contributed by atoms with van der Waals surface area (Å²) in [5, 5.41) is 3.97. The summed E-state index contributed by atoms with van der Waals surface area (Å²) in [5.74, 6) is 0.207. The van der Waals surface area contributed by atoms with Gasteiger partial charge < -0.3 is 13.8 Å². The Bertz CT molecular complexity index is 1270. The van der Waals surface area contributed by atoms with Gasteiger partial charge in [0, 0.05) is 24.6 Å². The van der Waals surface area contributed by atoms with Gasteiger partial charge in [-0.15, -0.1) is 0 Å². The molecule has 2 aromatic heterocycles. The second kappa shape index (κ2) is 8.97. The molecular weight excluding hydrogens is 428 g/mol. The molecule has 0 aliphatic carbocycles. The maximum Gasteiger partial charge on any atom is 0.293 e. The van der Waals surface area contributed by atoms with Crippen LogP contribution in [-0.2, 0) is 6.42 Å². The van der Waals surface area contributed by atoms with E-state index in [2.05, 4.69) is 10.1 Å². The first-order valence-electron chi connectivity index (χ1n) is 10.8. The van der Waals surface area contributed by atoms with Crippen LogP contribution in [-0.4, -0.2) is 27.5 Å². The maximum atomic E-state index is 13.5. The SMILES string of the molecule is O=C(c1cc(-c2ccc(F)cc2)no1)N1CCCCC1c1ncc(Cc2cccc(F)c2)o1. The summed E-state index contributed by atoms with van der Waals surface area (Å²) in [7, 11) is 0. The van der Waals surface area contributed by atoms with Gasteiger partial charge in [0.25, 0.3) is 5.91 Å². The minimum Gasteiger partial charge on any atom is -0.443 e. The van der Waals surface area contributed by atoms with E-state index in [0.717, 1.165) is 18.4 Å². The Morgan fingerprint density at radius 2 is 1.91 bits per heavy atom. The number of piperidine rings is 1. The van der Waals surface area contributed by atoms with Crippen LogP contribution in [0.15, 0.2) is 69.7 Å². The zero-order valence-electron chi connectivity index (χ0n) is 17.7. The molecule has 0 radical (unpaired) electrons. The van der Waals surface area contributed by atoms with Gasteiger partial charge in [-0.3, -0.25) is 4.79 Å². The first kappa shape index (κ1) is 21.1. The summed E-state index contributed by atoms with van der Waals surface area (Å²) in [5.41, 5.74) is 1.90. The second-order valence-corrected chi connectivity index (χ2v) is 8.06. The maximum absolute atomic E-state index is 13.5. The van der Waals surface area contributed by atoms with Crippen LogP contribution < -0.4 is 0 Å². The van der Waals surface area contributed by atoms with Crippen molar-refractivity contribution in [2.75, 3.05) is 6.54 Å². The summed E-state index contributed by atoms with van der Waals surface area (Å²) in [6.45, 7) is 0.539. The molecule has 0 N–H and O–H groups in total. The average Bonchev–Trinajstić information content (AvgIpc) is 3.49. The van der Waals surface area contributed by atoms with E-state index in [-0.39, 0.29) is 29.3 Å². The highest BCUT2D eigenvalue weighted by Gasteiger charge is 2.33. The zero-order chi connectivity index (χ0) is 22.8. The molecule has 168 valence electrons. The smallest absolute Gasteiger partial charge is 0.293 e. The predicted octanol–water partition coefficient (Wildman–Crippen LogP) is 5.57. The number of oxazole rings is 1. The standard InChI is InChI=1S/C25H21F2N3O3/c26-18-9-7-17(8-10-18)21-14-23(33-29-21)25(31)30-11-2-1-6-22(30)24-28-15-20(32-24)13-16-4-3-5-19(27)12-16/h3-5,7-10,12,14-15,22H,1-2,6,11,13H2. The normalized spacial score (nSPS) is 16.2. The van der Waals surface area contributed by atoms with Gasteiger partial charge in [0.15, 0.2) is 0 Å². The van der Waals surface area contributed by atoms with Crippen molar-refractivity contribution in [3.8, 4) is 11.3 Å². The number of halogens is 2. The number of nitrogens with zero attached hydrogens (tertiary/aromatic N) is 3. The Kier molecular flexibility index (Phi) is 5.73. The molecule has 1 fully saturated rings. The molecule has 4 aromatic rings. The van der Waals surface area contributed by atoms with Crippen LogP contribution >= 0.6 is 0 Å². The number of benzene rings is 2. The number of carbonyl (C=O) groups excluding carboxylic acids is 1. The van der Waals surface area contributed by atoms with Crippen molar-refractivity contribution < 1.29 is 22.5 Å². The van der Waals surface area contributed by atoms with Gasteiger partial charge in [0.05, 0.1) is 6.20 Å². The van der Waals surface area contributed by atoms with Crippen molar-refractivity contribution in [1.82, 2.24) is 15.0 Å². The largest absolute Gasteiger partial charge is 0.443 e. The first-order valence-corrected chi connectivity index (χ1v) is 10.8. The van der Waals surface area contributed by atoms with Gasteiger partial charge in [0.2, 0.25) is 11.7 Å². The number of hydrogen-bond acceptors (Lipinski definition) is 5. The molecule has 0 saturated carbocycles. The number of likely N-dealkylation sites (tertiary alicyclic amines) is 1.